The van der Waals surface area contributed by atoms with E-state index < -0.39 is 5.60 Å². The molecule has 2 N–H and O–H groups in total. The average Bonchev–Trinajstić information content (AvgIpc) is 2.25. The normalized spacial score (nSPS) is 18.7. The summed E-state index contributed by atoms with van der Waals surface area (Å²) in [5.74, 6) is 0. The van der Waals surface area contributed by atoms with Crippen molar-refractivity contribution in [3.63, 3.8) is 0 Å². The maximum absolute atomic E-state index is 10.3. The molecule has 1 aliphatic heterocycles. The molecule has 0 saturated carbocycles. The van der Waals surface area contributed by atoms with Crippen LogP contribution >= 0.6 is 0 Å². The Morgan fingerprint density at radius 2 is 1.73 bits per heavy atom. The average molecular weight is 199 g/mol. The number of β-amino-alcohol motifs (C(OH)–C–C–N with tert-alkyl or cyclic N) is 1. The van der Waals surface area contributed by atoms with E-state index in [9.17, 15) is 5.11 Å². The molecule has 0 aromatic heterocycles. The maximum Gasteiger partial charge on any atom is 0.115 e. The van der Waals surface area contributed by atoms with Gasteiger partial charge in [0, 0.05) is 13.1 Å². The van der Waals surface area contributed by atoms with E-state index in [0.717, 1.165) is 10.9 Å². The van der Waals surface area contributed by atoms with Crippen LogP contribution in [0.15, 0.2) is 42.5 Å². The summed E-state index contributed by atoms with van der Waals surface area (Å²) in [6.45, 7) is 1.31. The fourth-order valence-electron chi connectivity index (χ4n) is 2.18. The molecule has 0 aliphatic carbocycles. The molecule has 3 rings (SSSR count). The van der Waals surface area contributed by atoms with Crippen LogP contribution in [0.5, 0.6) is 0 Å². The Morgan fingerprint density at radius 1 is 1.00 bits per heavy atom. The van der Waals surface area contributed by atoms with E-state index in [1.807, 2.05) is 24.3 Å². The van der Waals surface area contributed by atoms with Gasteiger partial charge in [0.25, 0.3) is 0 Å². The van der Waals surface area contributed by atoms with Crippen LogP contribution < -0.4 is 5.32 Å². The smallest absolute Gasteiger partial charge is 0.115 e. The van der Waals surface area contributed by atoms with Gasteiger partial charge in [0.2, 0.25) is 0 Å². The highest BCUT2D eigenvalue weighted by atomic mass is 16.3. The maximum atomic E-state index is 10.3. The summed E-state index contributed by atoms with van der Waals surface area (Å²) in [7, 11) is 0. The number of benzene rings is 2. The molecule has 0 spiro atoms. The third-order valence-corrected chi connectivity index (χ3v) is 3.13. The van der Waals surface area contributed by atoms with Gasteiger partial charge in [0.1, 0.15) is 5.60 Å². The first-order valence-electron chi connectivity index (χ1n) is 5.21. The van der Waals surface area contributed by atoms with Gasteiger partial charge in [-0.15, -0.1) is 0 Å². The number of nitrogens with one attached hydrogen (secondary N) is 1. The van der Waals surface area contributed by atoms with Gasteiger partial charge in [-0.1, -0.05) is 42.5 Å². The van der Waals surface area contributed by atoms with Crippen molar-refractivity contribution in [2.75, 3.05) is 13.1 Å². The highest BCUT2D eigenvalue weighted by molar-refractivity contribution is 5.86. The molecule has 0 radical (unpaired) electrons. The monoisotopic (exact) mass is 199 g/mol. The molecule has 1 fully saturated rings. The largest absolute Gasteiger partial charge is 0.382 e. The Balaban J connectivity index is 2.26. The SMILES string of the molecule is OC1(c2cccc3ccccc23)CNC1. The zero-order chi connectivity index (χ0) is 10.3. The van der Waals surface area contributed by atoms with Crippen molar-refractivity contribution in [3.05, 3.63) is 48.0 Å². The van der Waals surface area contributed by atoms with E-state index in [4.69, 9.17) is 0 Å². The summed E-state index contributed by atoms with van der Waals surface area (Å²) < 4.78 is 0. The van der Waals surface area contributed by atoms with Gasteiger partial charge < -0.3 is 10.4 Å². The van der Waals surface area contributed by atoms with Crippen LogP contribution in [-0.2, 0) is 5.60 Å². The summed E-state index contributed by atoms with van der Waals surface area (Å²) in [5.41, 5.74) is 0.375. The van der Waals surface area contributed by atoms with E-state index in [-0.39, 0.29) is 0 Å². The zero-order valence-corrected chi connectivity index (χ0v) is 8.40. The lowest BCUT2D eigenvalue weighted by molar-refractivity contribution is -0.0132. The Morgan fingerprint density at radius 3 is 2.47 bits per heavy atom. The predicted molar refractivity (Wildman–Crippen MR) is 60.7 cm³/mol. The topological polar surface area (TPSA) is 32.3 Å². The molecule has 1 saturated heterocycles. The third kappa shape index (κ3) is 1.26. The lowest BCUT2D eigenvalue weighted by atomic mass is 9.85. The summed E-state index contributed by atoms with van der Waals surface area (Å²) in [4.78, 5) is 0. The third-order valence-electron chi connectivity index (χ3n) is 3.13. The Labute approximate surface area is 88.5 Å². The van der Waals surface area contributed by atoms with Gasteiger partial charge in [-0.3, -0.25) is 0 Å². The summed E-state index contributed by atoms with van der Waals surface area (Å²) in [6.07, 6.45) is 0. The molecule has 1 aliphatic rings. The lowest BCUT2D eigenvalue weighted by Gasteiger charge is -2.38. The molecular weight excluding hydrogens is 186 g/mol. The van der Waals surface area contributed by atoms with Crippen LogP contribution in [0, 0.1) is 0 Å². The van der Waals surface area contributed by atoms with Gasteiger partial charge in [-0.25, -0.2) is 0 Å². The van der Waals surface area contributed by atoms with E-state index in [1.54, 1.807) is 0 Å². The second kappa shape index (κ2) is 3.05. The molecular formula is C13H13NO. The van der Waals surface area contributed by atoms with Gasteiger partial charge >= 0.3 is 0 Å². The van der Waals surface area contributed by atoms with Gasteiger partial charge in [0.05, 0.1) is 0 Å². The highest BCUT2D eigenvalue weighted by Gasteiger charge is 2.37. The standard InChI is InChI=1S/C13H13NO/c15-13(8-14-9-13)12-7-3-5-10-4-1-2-6-11(10)12/h1-7,14-15H,8-9H2. The van der Waals surface area contributed by atoms with Crippen molar-refractivity contribution in [1.29, 1.82) is 0 Å². The van der Waals surface area contributed by atoms with Crippen LogP contribution in [0.3, 0.4) is 0 Å². The lowest BCUT2D eigenvalue weighted by Crippen LogP contribution is -2.56. The summed E-state index contributed by atoms with van der Waals surface area (Å²) in [6, 6.07) is 14.3. The minimum Gasteiger partial charge on any atom is -0.382 e. The predicted octanol–water partition coefficient (Wildman–Crippen LogP) is 1.63. The number of aliphatic hydroxyl groups is 1. The molecule has 76 valence electrons. The first-order chi connectivity index (χ1) is 7.30. The van der Waals surface area contributed by atoms with Crippen LogP contribution in [0.25, 0.3) is 10.8 Å². The van der Waals surface area contributed by atoms with Crippen molar-refractivity contribution in [1.82, 2.24) is 5.32 Å². The van der Waals surface area contributed by atoms with Crippen molar-refractivity contribution in [2.24, 2.45) is 0 Å². The fraction of sp³-hybridized carbons (Fsp3) is 0.231. The van der Waals surface area contributed by atoms with E-state index in [0.29, 0.717) is 13.1 Å². The zero-order valence-electron chi connectivity index (χ0n) is 8.40. The van der Waals surface area contributed by atoms with Crippen LogP contribution in [-0.4, -0.2) is 18.2 Å². The number of hydrogen-bond donors (Lipinski definition) is 2. The van der Waals surface area contributed by atoms with Gasteiger partial charge in [0.15, 0.2) is 0 Å². The molecule has 0 bridgehead atoms. The highest BCUT2D eigenvalue weighted by Crippen LogP contribution is 2.31. The van der Waals surface area contributed by atoms with Gasteiger partial charge in [-0.2, -0.15) is 0 Å². The molecule has 0 amide bonds. The minimum atomic E-state index is -0.666. The molecule has 2 aromatic carbocycles. The quantitative estimate of drug-likeness (QED) is 0.731. The Kier molecular flexibility index (Phi) is 1.81. The molecule has 2 aromatic rings. The first-order valence-corrected chi connectivity index (χ1v) is 5.21. The van der Waals surface area contributed by atoms with E-state index >= 15 is 0 Å². The molecule has 1 heterocycles. The first kappa shape index (κ1) is 8.89. The molecule has 2 nitrogen and oxygen atoms in total. The molecule has 15 heavy (non-hydrogen) atoms. The Bertz CT molecular complexity index is 497. The van der Waals surface area contributed by atoms with Gasteiger partial charge in [-0.05, 0) is 16.3 Å². The second-order valence-corrected chi connectivity index (χ2v) is 4.16. The fourth-order valence-corrected chi connectivity index (χ4v) is 2.18. The molecule has 0 unspecified atom stereocenters. The van der Waals surface area contributed by atoms with Crippen molar-refractivity contribution in [3.8, 4) is 0 Å². The van der Waals surface area contributed by atoms with E-state index in [1.165, 1.54) is 5.39 Å². The minimum absolute atomic E-state index is 0.654. The summed E-state index contributed by atoms with van der Waals surface area (Å²) in [5, 5.41) is 15.8. The molecule has 0 atom stereocenters. The van der Waals surface area contributed by atoms with Crippen LogP contribution in [0.1, 0.15) is 5.56 Å². The van der Waals surface area contributed by atoms with Crippen LogP contribution in [0.2, 0.25) is 0 Å². The molecule has 2 heteroatoms. The van der Waals surface area contributed by atoms with Crippen molar-refractivity contribution < 1.29 is 5.11 Å². The van der Waals surface area contributed by atoms with E-state index in [2.05, 4.69) is 23.5 Å². The van der Waals surface area contributed by atoms with Crippen LogP contribution in [0.4, 0.5) is 0 Å². The second-order valence-electron chi connectivity index (χ2n) is 4.16. The number of hydrogen-bond acceptors (Lipinski definition) is 2. The number of fused-ring (bicyclic) bond motifs is 1. The number of rotatable bonds is 1. The van der Waals surface area contributed by atoms with Crippen molar-refractivity contribution in [2.45, 2.75) is 5.60 Å². The summed E-state index contributed by atoms with van der Waals surface area (Å²) >= 11 is 0. The van der Waals surface area contributed by atoms with Crippen molar-refractivity contribution >= 4 is 10.8 Å². The Hall–Kier alpha value is -1.38.